The third-order valence-corrected chi connectivity index (χ3v) is 6.87. The second-order valence-corrected chi connectivity index (χ2v) is 8.88. The Labute approximate surface area is 173 Å². The van der Waals surface area contributed by atoms with Crippen LogP contribution < -0.4 is 15.5 Å². The first-order chi connectivity index (χ1) is 14.1. The lowest BCUT2D eigenvalue weighted by Gasteiger charge is -2.21. The first-order valence-corrected chi connectivity index (χ1v) is 10.6. The molecule has 29 heavy (non-hydrogen) atoms. The van der Waals surface area contributed by atoms with Crippen molar-refractivity contribution in [3.63, 3.8) is 0 Å². The zero-order valence-corrected chi connectivity index (χ0v) is 16.7. The molecule has 1 aliphatic carbocycles. The van der Waals surface area contributed by atoms with Gasteiger partial charge >= 0.3 is 6.03 Å². The SMILES string of the molecule is O=C1NC2(CCNC2)CN1c1cccc(-c2cnc3[nH]cc(C4CC4)c3c2Cl)c1. The average molecular weight is 408 g/mol. The summed E-state index contributed by atoms with van der Waals surface area (Å²) in [4.78, 5) is 22.4. The van der Waals surface area contributed by atoms with Gasteiger partial charge < -0.3 is 15.6 Å². The maximum Gasteiger partial charge on any atom is 0.322 e. The van der Waals surface area contributed by atoms with Crippen LogP contribution >= 0.6 is 11.6 Å². The van der Waals surface area contributed by atoms with Crippen LogP contribution in [0, 0.1) is 0 Å². The van der Waals surface area contributed by atoms with Crippen LogP contribution in [-0.4, -0.2) is 41.2 Å². The predicted molar refractivity (Wildman–Crippen MR) is 115 cm³/mol. The van der Waals surface area contributed by atoms with Crippen molar-refractivity contribution in [2.75, 3.05) is 24.5 Å². The fourth-order valence-corrected chi connectivity index (χ4v) is 5.10. The molecule has 2 amide bonds. The van der Waals surface area contributed by atoms with E-state index in [0.717, 1.165) is 52.4 Å². The van der Waals surface area contributed by atoms with Gasteiger partial charge in [0.25, 0.3) is 0 Å². The number of nitrogens with zero attached hydrogens (tertiary/aromatic N) is 2. The highest BCUT2D eigenvalue weighted by molar-refractivity contribution is 6.38. The van der Waals surface area contributed by atoms with Crippen LogP contribution in [0.4, 0.5) is 10.5 Å². The van der Waals surface area contributed by atoms with Crippen molar-refractivity contribution in [2.45, 2.75) is 30.7 Å². The lowest BCUT2D eigenvalue weighted by Crippen LogP contribution is -2.45. The van der Waals surface area contributed by atoms with Crippen LogP contribution in [0.5, 0.6) is 0 Å². The highest BCUT2D eigenvalue weighted by atomic mass is 35.5. The van der Waals surface area contributed by atoms with Gasteiger partial charge in [-0.3, -0.25) is 4.90 Å². The molecule has 3 fully saturated rings. The highest BCUT2D eigenvalue weighted by Gasteiger charge is 2.44. The van der Waals surface area contributed by atoms with Crippen molar-refractivity contribution in [3.05, 3.63) is 47.2 Å². The van der Waals surface area contributed by atoms with E-state index in [-0.39, 0.29) is 11.6 Å². The maximum absolute atomic E-state index is 12.7. The maximum atomic E-state index is 12.7. The molecule has 0 bridgehead atoms. The van der Waals surface area contributed by atoms with E-state index in [2.05, 4.69) is 20.6 Å². The van der Waals surface area contributed by atoms with Gasteiger partial charge in [-0.2, -0.15) is 0 Å². The number of hydrogen-bond donors (Lipinski definition) is 3. The van der Waals surface area contributed by atoms with E-state index in [0.29, 0.717) is 12.5 Å². The van der Waals surface area contributed by atoms with E-state index in [1.807, 2.05) is 41.6 Å². The number of H-pyrrole nitrogens is 1. The van der Waals surface area contributed by atoms with Crippen molar-refractivity contribution >= 4 is 34.4 Å². The summed E-state index contributed by atoms with van der Waals surface area (Å²) >= 11 is 6.87. The Hall–Kier alpha value is -2.57. The summed E-state index contributed by atoms with van der Waals surface area (Å²) in [7, 11) is 0. The van der Waals surface area contributed by atoms with Gasteiger partial charge in [0.15, 0.2) is 0 Å². The average Bonchev–Trinajstić information content (AvgIpc) is 3.17. The molecule has 6 nitrogen and oxygen atoms in total. The van der Waals surface area contributed by atoms with Gasteiger partial charge in [-0.1, -0.05) is 23.7 Å². The number of hydrogen-bond acceptors (Lipinski definition) is 3. The van der Waals surface area contributed by atoms with E-state index >= 15 is 0 Å². The van der Waals surface area contributed by atoms with Gasteiger partial charge in [0, 0.05) is 35.6 Å². The molecule has 2 aromatic heterocycles. The fourth-order valence-electron chi connectivity index (χ4n) is 4.74. The van der Waals surface area contributed by atoms with Gasteiger partial charge in [-0.15, -0.1) is 0 Å². The summed E-state index contributed by atoms with van der Waals surface area (Å²) in [6.45, 7) is 2.44. The number of amides is 2. The molecule has 1 saturated carbocycles. The smallest absolute Gasteiger partial charge is 0.322 e. The molecular weight excluding hydrogens is 386 g/mol. The van der Waals surface area contributed by atoms with Crippen LogP contribution in [0.2, 0.25) is 5.02 Å². The Morgan fingerprint density at radius 1 is 1.28 bits per heavy atom. The Kier molecular flexibility index (Phi) is 3.71. The van der Waals surface area contributed by atoms with Crippen molar-refractivity contribution in [1.29, 1.82) is 0 Å². The minimum absolute atomic E-state index is 0.0350. The fraction of sp³-hybridized carbons (Fsp3) is 0.364. The molecule has 6 rings (SSSR count). The normalized spacial score (nSPS) is 24.0. The van der Waals surface area contributed by atoms with Crippen LogP contribution in [0.25, 0.3) is 22.2 Å². The molecule has 1 atom stereocenters. The zero-order valence-electron chi connectivity index (χ0n) is 16.0. The molecule has 1 spiro atoms. The van der Waals surface area contributed by atoms with E-state index < -0.39 is 0 Å². The van der Waals surface area contributed by atoms with E-state index in [1.54, 1.807) is 0 Å². The van der Waals surface area contributed by atoms with Crippen LogP contribution in [0.15, 0.2) is 36.7 Å². The molecule has 2 saturated heterocycles. The summed E-state index contributed by atoms with van der Waals surface area (Å²) < 4.78 is 0. The predicted octanol–water partition coefficient (Wildman–Crippen LogP) is 4.02. The summed E-state index contributed by atoms with van der Waals surface area (Å²) in [6, 6.07) is 8.00. The number of anilines is 1. The van der Waals surface area contributed by atoms with Crippen LogP contribution in [-0.2, 0) is 0 Å². The third kappa shape index (κ3) is 2.74. The van der Waals surface area contributed by atoms with E-state index in [9.17, 15) is 4.79 Å². The number of fused-ring (bicyclic) bond motifs is 1. The van der Waals surface area contributed by atoms with E-state index in [1.165, 1.54) is 18.4 Å². The van der Waals surface area contributed by atoms with Gasteiger partial charge in [-0.05, 0) is 55.0 Å². The molecule has 3 aliphatic rings. The Balaban J connectivity index is 1.39. The van der Waals surface area contributed by atoms with Crippen molar-refractivity contribution in [1.82, 2.24) is 20.6 Å². The number of nitrogens with one attached hydrogen (secondary N) is 3. The number of benzene rings is 1. The molecule has 0 radical (unpaired) electrons. The van der Waals surface area contributed by atoms with Crippen LogP contribution in [0.3, 0.4) is 0 Å². The van der Waals surface area contributed by atoms with Crippen LogP contribution in [0.1, 0.15) is 30.7 Å². The summed E-state index contributed by atoms with van der Waals surface area (Å²) in [6.07, 6.45) is 7.25. The number of pyridine rings is 1. The van der Waals surface area contributed by atoms with Gasteiger partial charge in [0.05, 0.1) is 17.1 Å². The second kappa shape index (κ2) is 6.21. The van der Waals surface area contributed by atoms with Gasteiger partial charge in [0.1, 0.15) is 5.65 Å². The monoisotopic (exact) mass is 407 g/mol. The molecule has 1 unspecified atom stereocenters. The summed E-state index contributed by atoms with van der Waals surface area (Å²) in [5.74, 6) is 0.592. The molecule has 2 aliphatic heterocycles. The number of aromatic nitrogens is 2. The minimum atomic E-state index is -0.157. The lowest BCUT2D eigenvalue weighted by atomic mass is 10.00. The highest BCUT2D eigenvalue weighted by Crippen LogP contribution is 2.46. The van der Waals surface area contributed by atoms with E-state index in [4.69, 9.17) is 11.6 Å². The lowest BCUT2D eigenvalue weighted by molar-refractivity contribution is 0.248. The number of carbonyl (C=O) groups is 1. The Bertz CT molecular complexity index is 1130. The Morgan fingerprint density at radius 2 is 2.17 bits per heavy atom. The summed E-state index contributed by atoms with van der Waals surface area (Å²) in [5, 5.41) is 8.30. The topological polar surface area (TPSA) is 73.1 Å². The van der Waals surface area contributed by atoms with Crippen molar-refractivity contribution in [3.8, 4) is 11.1 Å². The van der Waals surface area contributed by atoms with Gasteiger partial charge in [0.2, 0.25) is 0 Å². The quantitative estimate of drug-likeness (QED) is 0.614. The molecule has 1 aromatic carbocycles. The number of rotatable bonds is 3. The molecule has 3 N–H and O–H groups in total. The van der Waals surface area contributed by atoms with Gasteiger partial charge in [-0.25, -0.2) is 9.78 Å². The number of halogens is 1. The third-order valence-electron chi connectivity index (χ3n) is 6.48. The largest absolute Gasteiger partial charge is 0.346 e. The standard InChI is InChI=1S/C22H22ClN5O/c23-19-17(10-26-20-18(19)16(9-25-20)13-4-5-13)14-2-1-3-15(8-14)28-12-22(27-21(28)29)6-7-24-11-22/h1-3,8-10,13,24H,4-7,11-12H2,(H,25,26)(H,27,29). The first-order valence-electron chi connectivity index (χ1n) is 10.2. The Morgan fingerprint density at radius 3 is 2.97 bits per heavy atom. The molecule has 3 aromatic rings. The second-order valence-electron chi connectivity index (χ2n) is 8.50. The number of aromatic amines is 1. The molecule has 4 heterocycles. The molecular formula is C22H22ClN5O. The number of carbonyl (C=O) groups excluding carboxylic acids is 1. The molecule has 7 heteroatoms. The number of urea groups is 1. The van der Waals surface area contributed by atoms with Crippen molar-refractivity contribution < 1.29 is 4.79 Å². The first kappa shape index (κ1) is 17.3. The van der Waals surface area contributed by atoms with Crippen molar-refractivity contribution in [2.24, 2.45) is 0 Å². The molecule has 148 valence electrons. The zero-order chi connectivity index (χ0) is 19.6. The summed E-state index contributed by atoms with van der Waals surface area (Å²) in [5.41, 5.74) is 4.71. The minimum Gasteiger partial charge on any atom is -0.346 e.